The van der Waals surface area contributed by atoms with Crippen molar-refractivity contribution in [2.45, 2.75) is 23.9 Å². The van der Waals surface area contributed by atoms with Crippen molar-refractivity contribution in [3.05, 3.63) is 60.4 Å². The third-order valence-corrected chi connectivity index (χ3v) is 5.16. The Hall–Kier alpha value is -3.47. The number of benzene rings is 2. The van der Waals surface area contributed by atoms with Crippen LogP contribution in [0, 0.1) is 0 Å². The number of rotatable bonds is 7. The summed E-state index contributed by atoms with van der Waals surface area (Å²) in [6.45, 7) is -0.985. The highest BCUT2D eigenvalue weighted by Gasteiger charge is 2.20. The highest BCUT2D eigenvalue weighted by molar-refractivity contribution is 7.99. The van der Waals surface area contributed by atoms with Crippen molar-refractivity contribution < 1.29 is 18.0 Å². The Morgan fingerprint density at radius 2 is 1.77 bits per heavy atom. The summed E-state index contributed by atoms with van der Waals surface area (Å²) in [5.74, 6) is 7.49. The fourth-order valence-corrected chi connectivity index (χ4v) is 3.45. The first kappa shape index (κ1) is 19.8. The van der Waals surface area contributed by atoms with Crippen LogP contribution in [0.2, 0.25) is 0 Å². The molecule has 154 valence electrons. The molecule has 4 aromatic rings. The smallest absolute Gasteiger partial charge is 0.387 e. The molecule has 11 heteroatoms. The van der Waals surface area contributed by atoms with E-state index in [-0.39, 0.29) is 11.0 Å². The Balaban J connectivity index is 1.48. The maximum Gasteiger partial charge on any atom is 0.387 e. The molecule has 0 radical (unpaired) electrons. The van der Waals surface area contributed by atoms with Gasteiger partial charge in [0.2, 0.25) is 5.16 Å². The predicted molar refractivity (Wildman–Crippen MR) is 106 cm³/mol. The second kappa shape index (κ2) is 8.49. The zero-order valence-electron chi connectivity index (χ0n) is 15.6. The van der Waals surface area contributed by atoms with Crippen molar-refractivity contribution in [3.63, 3.8) is 0 Å². The molecule has 0 aliphatic heterocycles. The molecule has 0 unspecified atom stereocenters. The molecule has 0 bridgehead atoms. The number of hydrogen-bond acceptors (Lipinski definition) is 8. The van der Waals surface area contributed by atoms with Gasteiger partial charge < -0.3 is 15.1 Å². The van der Waals surface area contributed by atoms with Gasteiger partial charge in [0, 0.05) is 11.1 Å². The lowest BCUT2D eigenvalue weighted by atomic mass is 10.2. The van der Waals surface area contributed by atoms with E-state index in [2.05, 4.69) is 25.1 Å². The minimum absolute atomic E-state index is 0.0476. The fraction of sp³-hybridized carbons (Fsp3) is 0.158. The number of halogens is 2. The Kier molecular flexibility index (Phi) is 5.61. The Morgan fingerprint density at radius 1 is 1.03 bits per heavy atom. The van der Waals surface area contributed by atoms with Crippen LogP contribution in [0.1, 0.15) is 18.0 Å². The number of aromatic nitrogens is 5. The van der Waals surface area contributed by atoms with Crippen LogP contribution in [0.15, 0.2) is 64.3 Å². The standard InChI is InChI=1S/C19H16F2N6O2S/c1-11(15-23-17(29-26-15)13-5-3-2-4-6-13)30-19-25-24-16(27(19)22)12-7-9-14(10-8-12)28-18(20)21/h2-11,18H,22H2,1H3/t11-/m1/s1. The second-order valence-electron chi connectivity index (χ2n) is 6.16. The van der Waals surface area contributed by atoms with Crippen molar-refractivity contribution >= 4 is 11.8 Å². The molecule has 0 aliphatic carbocycles. The van der Waals surface area contributed by atoms with E-state index in [9.17, 15) is 8.78 Å². The number of thioether (sulfide) groups is 1. The van der Waals surface area contributed by atoms with E-state index in [0.717, 1.165) is 5.56 Å². The van der Waals surface area contributed by atoms with E-state index in [0.29, 0.717) is 28.3 Å². The van der Waals surface area contributed by atoms with Crippen LogP contribution < -0.4 is 10.6 Å². The van der Waals surface area contributed by atoms with Gasteiger partial charge in [0.1, 0.15) is 5.75 Å². The molecule has 0 spiro atoms. The van der Waals surface area contributed by atoms with Gasteiger partial charge >= 0.3 is 6.61 Å². The zero-order chi connectivity index (χ0) is 21.1. The first-order valence-corrected chi connectivity index (χ1v) is 9.70. The van der Waals surface area contributed by atoms with Crippen LogP contribution in [-0.2, 0) is 0 Å². The van der Waals surface area contributed by atoms with Gasteiger partial charge in [-0.1, -0.05) is 35.1 Å². The lowest BCUT2D eigenvalue weighted by Gasteiger charge is -2.07. The SMILES string of the molecule is C[C@@H](Sc1nnc(-c2ccc(OC(F)F)cc2)n1N)c1noc(-c2ccccc2)n1. The lowest BCUT2D eigenvalue weighted by molar-refractivity contribution is -0.0498. The topological polar surface area (TPSA) is 105 Å². The van der Waals surface area contributed by atoms with Gasteiger partial charge in [0.15, 0.2) is 11.6 Å². The van der Waals surface area contributed by atoms with Crippen molar-refractivity contribution in [2.75, 3.05) is 5.84 Å². The van der Waals surface area contributed by atoms with Gasteiger partial charge in [-0.15, -0.1) is 10.2 Å². The maximum atomic E-state index is 12.3. The number of ether oxygens (including phenoxy) is 1. The first-order valence-electron chi connectivity index (χ1n) is 8.82. The van der Waals surface area contributed by atoms with E-state index in [4.69, 9.17) is 10.4 Å². The monoisotopic (exact) mass is 430 g/mol. The Bertz CT molecular complexity index is 1120. The van der Waals surface area contributed by atoms with Gasteiger partial charge in [-0.25, -0.2) is 4.68 Å². The van der Waals surface area contributed by atoms with Crippen LogP contribution >= 0.6 is 11.8 Å². The van der Waals surface area contributed by atoms with Crippen LogP contribution in [0.3, 0.4) is 0 Å². The molecular weight excluding hydrogens is 414 g/mol. The molecule has 0 amide bonds. The molecule has 0 aliphatic rings. The molecule has 8 nitrogen and oxygen atoms in total. The molecule has 1 atom stereocenters. The normalized spacial score (nSPS) is 12.3. The first-order chi connectivity index (χ1) is 14.5. The molecule has 30 heavy (non-hydrogen) atoms. The summed E-state index contributed by atoms with van der Waals surface area (Å²) < 4.78 is 35.6. The Morgan fingerprint density at radius 3 is 2.47 bits per heavy atom. The largest absolute Gasteiger partial charge is 0.435 e. The molecule has 2 aromatic heterocycles. The lowest BCUT2D eigenvalue weighted by Crippen LogP contribution is -2.12. The van der Waals surface area contributed by atoms with Gasteiger partial charge in [0.05, 0.1) is 5.25 Å². The maximum absolute atomic E-state index is 12.3. The van der Waals surface area contributed by atoms with E-state index in [1.54, 1.807) is 12.1 Å². The third-order valence-electron chi connectivity index (χ3n) is 4.11. The number of alkyl halides is 2. The molecule has 0 fully saturated rings. The molecule has 2 aromatic carbocycles. The summed E-state index contributed by atoms with van der Waals surface area (Å²) in [7, 11) is 0. The summed E-state index contributed by atoms with van der Waals surface area (Å²) >= 11 is 1.31. The van der Waals surface area contributed by atoms with Crippen LogP contribution in [0.4, 0.5) is 8.78 Å². The molecule has 2 heterocycles. The Labute approximate surface area is 174 Å². The van der Waals surface area contributed by atoms with E-state index in [1.807, 2.05) is 37.3 Å². The van der Waals surface area contributed by atoms with Crippen molar-refractivity contribution in [2.24, 2.45) is 0 Å². The van der Waals surface area contributed by atoms with Crippen molar-refractivity contribution in [1.82, 2.24) is 25.0 Å². The number of nitrogens with zero attached hydrogens (tertiary/aromatic N) is 5. The summed E-state index contributed by atoms with van der Waals surface area (Å²) in [5.41, 5.74) is 1.44. The highest BCUT2D eigenvalue weighted by Crippen LogP contribution is 2.34. The molecule has 4 rings (SSSR count). The minimum atomic E-state index is -2.88. The average molecular weight is 430 g/mol. The van der Waals surface area contributed by atoms with Gasteiger partial charge in [-0.05, 0) is 43.3 Å². The number of nitrogen functional groups attached to an aromatic ring is 1. The van der Waals surface area contributed by atoms with Crippen molar-refractivity contribution in [1.29, 1.82) is 0 Å². The average Bonchev–Trinajstić information content (AvgIpc) is 3.37. The van der Waals surface area contributed by atoms with Gasteiger partial charge in [-0.3, -0.25) is 0 Å². The van der Waals surface area contributed by atoms with Crippen LogP contribution in [-0.4, -0.2) is 31.6 Å². The number of hydrogen-bond donors (Lipinski definition) is 1. The molecular formula is C19H16F2N6O2S. The predicted octanol–water partition coefficient (Wildman–Crippen LogP) is 4.16. The van der Waals surface area contributed by atoms with Crippen LogP contribution in [0.25, 0.3) is 22.8 Å². The summed E-state index contributed by atoms with van der Waals surface area (Å²) in [6.07, 6.45) is 0. The van der Waals surface area contributed by atoms with Crippen molar-refractivity contribution in [3.8, 4) is 28.6 Å². The highest BCUT2D eigenvalue weighted by atomic mass is 32.2. The summed E-state index contributed by atoms with van der Waals surface area (Å²) in [5, 5.41) is 12.5. The van der Waals surface area contributed by atoms with Gasteiger partial charge in [-0.2, -0.15) is 13.8 Å². The van der Waals surface area contributed by atoms with E-state index < -0.39 is 6.61 Å². The second-order valence-corrected chi connectivity index (χ2v) is 7.47. The summed E-state index contributed by atoms with van der Waals surface area (Å²) in [6, 6.07) is 15.4. The fourth-order valence-electron chi connectivity index (χ4n) is 2.65. The zero-order valence-corrected chi connectivity index (χ0v) is 16.5. The van der Waals surface area contributed by atoms with Gasteiger partial charge in [0.25, 0.3) is 5.89 Å². The summed E-state index contributed by atoms with van der Waals surface area (Å²) in [4.78, 5) is 4.43. The molecule has 0 saturated carbocycles. The minimum Gasteiger partial charge on any atom is -0.435 e. The molecule has 2 N–H and O–H groups in total. The number of nitrogens with two attached hydrogens (primary N) is 1. The van der Waals surface area contributed by atoms with E-state index >= 15 is 0 Å². The quantitative estimate of drug-likeness (QED) is 0.344. The molecule has 0 saturated heterocycles. The third kappa shape index (κ3) is 4.25. The van der Waals surface area contributed by atoms with E-state index in [1.165, 1.54) is 28.6 Å². The van der Waals surface area contributed by atoms with Crippen LogP contribution in [0.5, 0.6) is 5.75 Å².